The van der Waals surface area contributed by atoms with Crippen molar-refractivity contribution < 1.29 is 9.59 Å². The molecule has 168 valence electrons. The van der Waals surface area contributed by atoms with E-state index in [9.17, 15) is 14.4 Å². The van der Waals surface area contributed by atoms with Crippen molar-refractivity contribution in [3.05, 3.63) is 16.7 Å². The lowest BCUT2D eigenvalue weighted by Crippen LogP contribution is -2.43. The molecule has 10 heteroatoms. The molecule has 9 nitrogen and oxygen atoms in total. The Morgan fingerprint density at radius 1 is 1.23 bits per heavy atom. The van der Waals surface area contributed by atoms with Crippen LogP contribution in [0, 0.1) is 5.92 Å². The predicted octanol–water partition coefficient (Wildman–Crippen LogP) is 1.65. The molecule has 0 bridgehead atoms. The summed E-state index contributed by atoms with van der Waals surface area (Å²) >= 11 is 1.29. The minimum Gasteiger partial charge on any atom is -0.356 e. The summed E-state index contributed by atoms with van der Waals surface area (Å²) in [5, 5.41) is 6.69. The number of nitrogens with one attached hydrogen (secondary N) is 2. The third-order valence-electron chi connectivity index (χ3n) is 6.02. The van der Waals surface area contributed by atoms with E-state index in [1.54, 1.807) is 0 Å². The molecule has 4 rings (SSSR count). The third kappa shape index (κ3) is 5.06. The zero-order valence-electron chi connectivity index (χ0n) is 17.9. The van der Waals surface area contributed by atoms with E-state index in [0.29, 0.717) is 28.6 Å². The molecule has 1 atom stereocenters. The van der Waals surface area contributed by atoms with Crippen molar-refractivity contribution >= 4 is 38.6 Å². The largest absolute Gasteiger partial charge is 0.356 e. The lowest BCUT2D eigenvalue weighted by atomic mass is 9.97. The molecular weight excluding hydrogens is 416 g/mol. The van der Waals surface area contributed by atoms with Gasteiger partial charge < -0.3 is 15.5 Å². The lowest BCUT2D eigenvalue weighted by molar-refractivity contribution is -0.125. The van der Waals surface area contributed by atoms with Crippen LogP contribution in [0.1, 0.15) is 51.9 Å². The SMILES string of the molecule is CCCNC(=O)[C@H]1CCCN(c2nc3ncn(CC(=O)NC4CCCC4)c(=O)c3s2)C1. The van der Waals surface area contributed by atoms with Gasteiger partial charge in [0.15, 0.2) is 10.8 Å². The number of hydrogen-bond acceptors (Lipinski definition) is 7. The van der Waals surface area contributed by atoms with Gasteiger partial charge in [-0.25, -0.2) is 4.98 Å². The summed E-state index contributed by atoms with van der Waals surface area (Å²) in [7, 11) is 0. The van der Waals surface area contributed by atoms with E-state index >= 15 is 0 Å². The normalized spacial score (nSPS) is 19.6. The van der Waals surface area contributed by atoms with Gasteiger partial charge in [0.05, 0.1) is 5.92 Å². The van der Waals surface area contributed by atoms with Crippen LogP contribution < -0.4 is 21.1 Å². The van der Waals surface area contributed by atoms with Gasteiger partial charge in [-0.3, -0.25) is 19.0 Å². The van der Waals surface area contributed by atoms with Crippen LogP contribution in [0.3, 0.4) is 0 Å². The van der Waals surface area contributed by atoms with Crippen molar-refractivity contribution in [2.24, 2.45) is 5.92 Å². The van der Waals surface area contributed by atoms with Crippen LogP contribution in [0.15, 0.2) is 11.1 Å². The minimum atomic E-state index is -0.246. The first kappa shape index (κ1) is 21.7. The Bertz CT molecular complexity index is 997. The summed E-state index contributed by atoms with van der Waals surface area (Å²) in [6.45, 7) is 4.08. The van der Waals surface area contributed by atoms with Crippen LogP contribution in [-0.4, -0.2) is 52.0 Å². The molecule has 2 amide bonds. The van der Waals surface area contributed by atoms with Gasteiger partial charge >= 0.3 is 0 Å². The second-order valence-electron chi connectivity index (χ2n) is 8.45. The highest BCUT2D eigenvalue weighted by Crippen LogP contribution is 2.29. The fraction of sp³-hybridized carbons (Fsp3) is 0.667. The molecule has 2 aromatic heterocycles. The second-order valence-corrected chi connectivity index (χ2v) is 9.43. The molecule has 0 radical (unpaired) electrons. The van der Waals surface area contributed by atoms with Gasteiger partial charge in [0.1, 0.15) is 17.6 Å². The maximum Gasteiger partial charge on any atom is 0.273 e. The molecule has 2 aliphatic rings. The first-order valence-electron chi connectivity index (χ1n) is 11.2. The van der Waals surface area contributed by atoms with Crippen molar-refractivity contribution in [1.29, 1.82) is 0 Å². The van der Waals surface area contributed by atoms with E-state index in [2.05, 4.69) is 25.5 Å². The molecule has 31 heavy (non-hydrogen) atoms. The smallest absolute Gasteiger partial charge is 0.273 e. The number of carbonyl (C=O) groups is 2. The number of thiazole rings is 1. The molecule has 2 fully saturated rings. The quantitative estimate of drug-likeness (QED) is 0.669. The highest BCUT2D eigenvalue weighted by molar-refractivity contribution is 7.22. The summed E-state index contributed by atoms with van der Waals surface area (Å²) in [5.74, 6) is -0.144. The molecule has 1 saturated carbocycles. The molecule has 2 aromatic rings. The molecule has 0 spiro atoms. The summed E-state index contributed by atoms with van der Waals surface area (Å²) in [6, 6.07) is 0.219. The maximum absolute atomic E-state index is 12.9. The summed E-state index contributed by atoms with van der Waals surface area (Å²) in [6.07, 6.45) is 8.36. The first-order valence-corrected chi connectivity index (χ1v) is 12.0. The maximum atomic E-state index is 12.9. The predicted molar refractivity (Wildman–Crippen MR) is 120 cm³/mol. The summed E-state index contributed by atoms with van der Waals surface area (Å²) < 4.78 is 1.80. The third-order valence-corrected chi connectivity index (χ3v) is 7.11. The van der Waals surface area contributed by atoms with Crippen molar-refractivity contribution in [1.82, 2.24) is 25.2 Å². The fourth-order valence-corrected chi connectivity index (χ4v) is 5.34. The molecule has 0 aromatic carbocycles. The van der Waals surface area contributed by atoms with Gasteiger partial charge in [-0.2, -0.15) is 4.98 Å². The van der Waals surface area contributed by atoms with E-state index in [1.165, 1.54) is 22.2 Å². The average molecular weight is 447 g/mol. The Morgan fingerprint density at radius 2 is 2.03 bits per heavy atom. The number of nitrogens with zero attached hydrogens (tertiary/aromatic N) is 4. The van der Waals surface area contributed by atoms with Crippen LogP contribution in [0.4, 0.5) is 5.13 Å². The minimum absolute atomic E-state index is 0.0328. The van der Waals surface area contributed by atoms with Crippen LogP contribution in [-0.2, 0) is 16.1 Å². The number of anilines is 1. The number of fused-ring (bicyclic) bond motifs is 1. The van der Waals surface area contributed by atoms with E-state index in [-0.39, 0.29) is 35.9 Å². The Morgan fingerprint density at radius 3 is 2.81 bits per heavy atom. The lowest BCUT2D eigenvalue weighted by Gasteiger charge is -2.31. The molecule has 1 saturated heterocycles. The van der Waals surface area contributed by atoms with Crippen molar-refractivity contribution in [2.75, 3.05) is 24.5 Å². The number of piperidine rings is 1. The molecule has 1 aliphatic carbocycles. The number of rotatable bonds is 7. The zero-order valence-corrected chi connectivity index (χ0v) is 18.7. The van der Waals surface area contributed by atoms with E-state index in [4.69, 9.17) is 0 Å². The van der Waals surface area contributed by atoms with Gasteiger partial charge in [0.2, 0.25) is 11.8 Å². The highest BCUT2D eigenvalue weighted by atomic mass is 32.1. The van der Waals surface area contributed by atoms with Gasteiger partial charge in [0, 0.05) is 25.7 Å². The molecule has 2 N–H and O–H groups in total. The highest BCUT2D eigenvalue weighted by Gasteiger charge is 2.28. The Hall–Kier alpha value is -2.49. The van der Waals surface area contributed by atoms with Crippen LogP contribution in [0.25, 0.3) is 10.3 Å². The van der Waals surface area contributed by atoms with Gasteiger partial charge in [0.25, 0.3) is 5.56 Å². The number of amides is 2. The zero-order chi connectivity index (χ0) is 21.8. The average Bonchev–Trinajstić information content (AvgIpc) is 3.44. The Labute approximate surface area is 185 Å². The first-order chi connectivity index (χ1) is 15.0. The molecule has 0 unspecified atom stereocenters. The van der Waals surface area contributed by atoms with Gasteiger partial charge in [-0.05, 0) is 32.1 Å². The standard InChI is InChI=1S/C21H30N6O3S/c1-2-9-22-19(29)14-6-5-10-26(11-14)21-25-18-17(31-21)20(30)27(13-23-18)12-16(28)24-15-7-3-4-8-15/h13-15H,2-12H2,1H3,(H,22,29)(H,24,28)/t14-/m0/s1. The van der Waals surface area contributed by atoms with E-state index in [0.717, 1.165) is 51.5 Å². The van der Waals surface area contributed by atoms with Crippen molar-refractivity contribution in [2.45, 2.75) is 64.5 Å². The van der Waals surface area contributed by atoms with Gasteiger partial charge in [-0.1, -0.05) is 31.1 Å². The van der Waals surface area contributed by atoms with Gasteiger partial charge in [-0.15, -0.1) is 0 Å². The number of aromatic nitrogens is 3. The topological polar surface area (TPSA) is 109 Å². The van der Waals surface area contributed by atoms with Crippen molar-refractivity contribution in [3.63, 3.8) is 0 Å². The fourth-order valence-electron chi connectivity index (χ4n) is 4.34. The Kier molecular flexibility index (Phi) is 6.84. The van der Waals surface area contributed by atoms with E-state index in [1.807, 2.05) is 6.92 Å². The molecule has 3 heterocycles. The second kappa shape index (κ2) is 9.76. The molecular formula is C21H30N6O3S. The van der Waals surface area contributed by atoms with Crippen molar-refractivity contribution in [3.8, 4) is 0 Å². The number of carbonyl (C=O) groups excluding carboxylic acids is 2. The van der Waals surface area contributed by atoms with E-state index < -0.39 is 0 Å². The summed E-state index contributed by atoms with van der Waals surface area (Å²) in [5.41, 5.74) is 0.152. The van der Waals surface area contributed by atoms with Crippen LogP contribution in [0.2, 0.25) is 0 Å². The Balaban J connectivity index is 1.46. The van der Waals surface area contributed by atoms with Crippen LogP contribution in [0.5, 0.6) is 0 Å². The van der Waals surface area contributed by atoms with Crippen LogP contribution >= 0.6 is 11.3 Å². The molecule has 1 aliphatic heterocycles. The summed E-state index contributed by atoms with van der Waals surface area (Å²) in [4.78, 5) is 48.5. The monoisotopic (exact) mass is 446 g/mol. The number of hydrogen-bond donors (Lipinski definition) is 2.